The number of thiazole rings is 1. The fraction of sp³-hybridized carbons (Fsp3) is 0.105. The number of benzene rings is 2. The normalized spacial score (nSPS) is 10.4. The summed E-state index contributed by atoms with van der Waals surface area (Å²) in [6.07, 6.45) is 0. The number of hydrogen-bond donors (Lipinski definition) is 1. The molecule has 3 aromatic rings. The van der Waals surface area contributed by atoms with Crippen molar-refractivity contribution in [3.05, 3.63) is 65.5 Å². The maximum atomic E-state index is 12.1. The average molecular weight is 368 g/mol. The molecule has 0 aliphatic rings. The fourth-order valence-electron chi connectivity index (χ4n) is 2.21. The van der Waals surface area contributed by atoms with Gasteiger partial charge in [-0.05, 0) is 19.1 Å². The minimum Gasteiger partial charge on any atom is -0.325 e. The first-order valence-electron chi connectivity index (χ1n) is 7.66. The van der Waals surface area contributed by atoms with Gasteiger partial charge < -0.3 is 5.32 Å². The second-order valence-electron chi connectivity index (χ2n) is 5.34. The van der Waals surface area contributed by atoms with Gasteiger partial charge in [0, 0.05) is 22.2 Å². The number of ketones is 1. The van der Waals surface area contributed by atoms with E-state index in [1.807, 2.05) is 35.7 Å². The Morgan fingerprint density at radius 3 is 2.68 bits per heavy atom. The lowest BCUT2D eigenvalue weighted by atomic mass is 10.1. The molecule has 126 valence electrons. The number of hydrogen-bond acceptors (Lipinski definition) is 5. The molecular weight excluding hydrogens is 352 g/mol. The van der Waals surface area contributed by atoms with Crippen LogP contribution in [-0.4, -0.2) is 22.4 Å². The van der Waals surface area contributed by atoms with Crippen molar-refractivity contribution in [2.24, 2.45) is 0 Å². The van der Waals surface area contributed by atoms with E-state index in [4.69, 9.17) is 0 Å². The highest BCUT2D eigenvalue weighted by atomic mass is 32.2. The minimum atomic E-state index is -0.123. The van der Waals surface area contributed by atoms with Crippen LogP contribution in [0.15, 0.2) is 64.3 Å². The summed E-state index contributed by atoms with van der Waals surface area (Å²) in [5.74, 6) is 0.121. The lowest BCUT2D eigenvalue weighted by Crippen LogP contribution is -2.14. The van der Waals surface area contributed by atoms with Crippen LogP contribution in [0.5, 0.6) is 0 Å². The van der Waals surface area contributed by atoms with E-state index in [-0.39, 0.29) is 17.4 Å². The summed E-state index contributed by atoms with van der Waals surface area (Å²) in [6.45, 7) is 1.50. The molecule has 0 unspecified atom stereocenters. The van der Waals surface area contributed by atoms with E-state index in [0.29, 0.717) is 11.3 Å². The van der Waals surface area contributed by atoms with Crippen molar-refractivity contribution in [3.8, 4) is 11.3 Å². The lowest BCUT2D eigenvalue weighted by molar-refractivity contribution is -0.113. The van der Waals surface area contributed by atoms with Crippen molar-refractivity contribution >= 4 is 40.5 Å². The molecule has 3 rings (SSSR count). The number of nitrogens with zero attached hydrogens (tertiary/aromatic N) is 1. The van der Waals surface area contributed by atoms with Crippen molar-refractivity contribution in [2.45, 2.75) is 11.3 Å². The van der Waals surface area contributed by atoms with Crippen LogP contribution in [0, 0.1) is 0 Å². The third-order valence-electron chi connectivity index (χ3n) is 3.43. The third kappa shape index (κ3) is 4.78. The van der Waals surface area contributed by atoms with Gasteiger partial charge in [0.25, 0.3) is 0 Å². The van der Waals surface area contributed by atoms with E-state index in [1.165, 1.54) is 30.0 Å². The number of carbonyl (C=O) groups is 2. The number of nitrogens with one attached hydrogen (secondary N) is 1. The van der Waals surface area contributed by atoms with E-state index < -0.39 is 0 Å². The molecule has 6 heteroatoms. The second-order valence-corrected chi connectivity index (χ2v) is 7.42. The Morgan fingerprint density at radius 2 is 1.92 bits per heavy atom. The van der Waals surface area contributed by atoms with Crippen molar-refractivity contribution in [1.29, 1.82) is 0 Å². The highest BCUT2D eigenvalue weighted by Crippen LogP contribution is 2.28. The molecule has 0 aliphatic carbocycles. The summed E-state index contributed by atoms with van der Waals surface area (Å²) in [4.78, 5) is 28.0. The summed E-state index contributed by atoms with van der Waals surface area (Å²) in [6, 6.07) is 16.9. The van der Waals surface area contributed by atoms with Crippen molar-refractivity contribution in [3.63, 3.8) is 0 Å². The summed E-state index contributed by atoms with van der Waals surface area (Å²) < 4.78 is 0.853. The Kier molecular flexibility index (Phi) is 5.63. The van der Waals surface area contributed by atoms with Gasteiger partial charge in [0.05, 0.1) is 11.4 Å². The number of anilines is 1. The fourth-order valence-corrected chi connectivity index (χ4v) is 3.84. The first kappa shape index (κ1) is 17.4. The topological polar surface area (TPSA) is 59.1 Å². The minimum absolute atomic E-state index is 0.0262. The van der Waals surface area contributed by atoms with Gasteiger partial charge in [0.15, 0.2) is 10.1 Å². The Labute approximate surface area is 154 Å². The zero-order chi connectivity index (χ0) is 17.6. The highest BCUT2D eigenvalue weighted by molar-refractivity contribution is 8.01. The Bertz CT molecular complexity index is 891. The average Bonchev–Trinajstić information content (AvgIpc) is 3.10. The van der Waals surface area contributed by atoms with Crippen molar-refractivity contribution in [1.82, 2.24) is 4.98 Å². The second kappa shape index (κ2) is 8.09. The predicted octanol–water partition coefficient (Wildman–Crippen LogP) is 4.74. The standard InChI is InChI=1S/C19H16N2O2S2/c1-13(22)15-8-5-9-16(10-15)20-18(23)12-25-19-21-17(11-24-19)14-6-3-2-4-7-14/h2-11H,12H2,1H3,(H,20,23). The van der Waals surface area contributed by atoms with Crippen molar-refractivity contribution < 1.29 is 9.59 Å². The van der Waals surface area contributed by atoms with Gasteiger partial charge >= 0.3 is 0 Å². The van der Waals surface area contributed by atoms with Crippen LogP contribution in [0.1, 0.15) is 17.3 Å². The molecule has 0 saturated heterocycles. The van der Waals surface area contributed by atoms with Gasteiger partial charge in [-0.1, -0.05) is 54.2 Å². The molecule has 0 saturated carbocycles. The van der Waals surface area contributed by atoms with E-state index in [0.717, 1.165) is 15.6 Å². The van der Waals surface area contributed by atoms with Crippen LogP contribution in [0.3, 0.4) is 0 Å². The maximum Gasteiger partial charge on any atom is 0.234 e. The number of carbonyl (C=O) groups excluding carboxylic acids is 2. The van der Waals surface area contributed by atoms with Crippen LogP contribution in [0.4, 0.5) is 5.69 Å². The van der Waals surface area contributed by atoms with Gasteiger partial charge in [0.1, 0.15) is 0 Å². The molecule has 0 radical (unpaired) electrons. The molecule has 0 spiro atoms. The van der Waals surface area contributed by atoms with E-state index in [1.54, 1.807) is 24.3 Å². The first-order chi connectivity index (χ1) is 12.1. The molecular formula is C19H16N2O2S2. The molecule has 1 aromatic heterocycles. The smallest absolute Gasteiger partial charge is 0.234 e. The van der Waals surface area contributed by atoms with Gasteiger partial charge in [-0.2, -0.15) is 0 Å². The van der Waals surface area contributed by atoms with E-state index >= 15 is 0 Å². The predicted molar refractivity (Wildman–Crippen MR) is 103 cm³/mol. The van der Waals surface area contributed by atoms with Gasteiger partial charge in [-0.3, -0.25) is 9.59 Å². The number of amides is 1. The quantitative estimate of drug-likeness (QED) is 0.504. The number of aromatic nitrogens is 1. The molecule has 0 fully saturated rings. The Morgan fingerprint density at radius 1 is 1.12 bits per heavy atom. The number of Topliss-reactive ketones (excluding diaryl/α,β-unsaturated/α-hetero) is 1. The molecule has 1 N–H and O–H groups in total. The third-order valence-corrected chi connectivity index (χ3v) is 5.45. The van der Waals surface area contributed by atoms with Crippen LogP contribution < -0.4 is 5.32 Å². The largest absolute Gasteiger partial charge is 0.325 e. The summed E-state index contributed by atoms with van der Waals surface area (Å²) in [5, 5.41) is 4.80. The summed E-state index contributed by atoms with van der Waals surface area (Å²) in [7, 11) is 0. The van der Waals surface area contributed by atoms with E-state index in [2.05, 4.69) is 10.3 Å². The number of thioether (sulfide) groups is 1. The highest BCUT2D eigenvalue weighted by Gasteiger charge is 2.09. The van der Waals surface area contributed by atoms with Crippen LogP contribution in [0.2, 0.25) is 0 Å². The van der Waals surface area contributed by atoms with Crippen LogP contribution in [0.25, 0.3) is 11.3 Å². The molecule has 1 amide bonds. The maximum absolute atomic E-state index is 12.1. The lowest BCUT2D eigenvalue weighted by Gasteiger charge is -2.05. The Balaban J connectivity index is 1.57. The monoisotopic (exact) mass is 368 g/mol. The summed E-state index contributed by atoms with van der Waals surface area (Å²) in [5.41, 5.74) is 3.19. The molecule has 2 aromatic carbocycles. The van der Waals surface area contributed by atoms with Gasteiger partial charge in [-0.25, -0.2) is 4.98 Å². The summed E-state index contributed by atoms with van der Waals surface area (Å²) >= 11 is 2.93. The molecule has 4 nitrogen and oxygen atoms in total. The van der Waals surface area contributed by atoms with Gasteiger partial charge in [-0.15, -0.1) is 11.3 Å². The SMILES string of the molecule is CC(=O)c1cccc(NC(=O)CSc2nc(-c3ccccc3)cs2)c1. The Hall–Kier alpha value is -2.44. The molecule has 1 heterocycles. The van der Waals surface area contributed by atoms with Gasteiger partial charge in [0.2, 0.25) is 5.91 Å². The molecule has 0 atom stereocenters. The molecule has 0 aliphatic heterocycles. The first-order valence-corrected chi connectivity index (χ1v) is 9.53. The number of rotatable bonds is 6. The van der Waals surface area contributed by atoms with E-state index in [9.17, 15) is 9.59 Å². The zero-order valence-corrected chi connectivity index (χ0v) is 15.2. The molecule has 25 heavy (non-hydrogen) atoms. The van der Waals surface area contributed by atoms with Crippen molar-refractivity contribution in [2.75, 3.05) is 11.1 Å². The zero-order valence-electron chi connectivity index (χ0n) is 13.6. The van der Waals surface area contributed by atoms with Crippen LogP contribution in [-0.2, 0) is 4.79 Å². The molecule has 0 bridgehead atoms. The van der Waals surface area contributed by atoms with Crippen LogP contribution >= 0.6 is 23.1 Å².